The molecule has 0 saturated heterocycles. The van der Waals surface area contributed by atoms with Gasteiger partial charge in [0, 0.05) is 11.7 Å². The number of rotatable bonds is 7. The summed E-state index contributed by atoms with van der Waals surface area (Å²) in [5.41, 5.74) is 1.60. The van der Waals surface area contributed by atoms with Crippen molar-refractivity contribution in [2.75, 3.05) is 17.2 Å². The molecule has 7 heteroatoms. The highest BCUT2D eigenvalue weighted by Gasteiger charge is 2.07. The summed E-state index contributed by atoms with van der Waals surface area (Å²) in [5, 5.41) is 11.9. The molecule has 0 fully saturated rings. The molecule has 5 nitrogen and oxygen atoms in total. The van der Waals surface area contributed by atoms with Gasteiger partial charge in [-0.1, -0.05) is 26.0 Å². The van der Waals surface area contributed by atoms with Crippen molar-refractivity contribution < 1.29 is 13.5 Å². The number of hydrogen-bond donors (Lipinski definition) is 3. The van der Waals surface area contributed by atoms with E-state index in [-0.39, 0.29) is 12.4 Å². The largest absolute Gasteiger partial charge is 0.378 e. The highest BCUT2D eigenvalue weighted by Crippen LogP contribution is 2.11. The number of anilines is 1. The molecule has 110 valence electrons. The van der Waals surface area contributed by atoms with Gasteiger partial charge in [-0.3, -0.25) is 4.72 Å². The molecule has 0 bridgehead atoms. The van der Waals surface area contributed by atoms with E-state index in [1.165, 1.54) is 0 Å². The molecule has 1 aromatic rings. The molecular weight excluding hydrogens is 288 g/mol. The summed E-state index contributed by atoms with van der Waals surface area (Å²) >= 11 is 0. The Kier molecular flexibility index (Phi) is 8.01. The van der Waals surface area contributed by atoms with E-state index < -0.39 is 16.0 Å². The van der Waals surface area contributed by atoms with Crippen LogP contribution in [0.3, 0.4) is 0 Å². The molecule has 0 aliphatic rings. The van der Waals surface area contributed by atoms with Crippen LogP contribution < -0.4 is 10.0 Å². The second-order valence-corrected chi connectivity index (χ2v) is 6.09. The van der Waals surface area contributed by atoms with E-state index in [2.05, 4.69) is 23.9 Å². The third-order valence-electron chi connectivity index (χ3n) is 2.36. The van der Waals surface area contributed by atoms with Gasteiger partial charge in [-0.05, 0) is 30.7 Å². The second-order valence-electron chi connectivity index (χ2n) is 4.40. The lowest BCUT2D eigenvalue weighted by Gasteiger charge is -2.09. The quantitative estimate of drug-likeness (QED) is 0.710. The molecule has 1 rings (SSSR count). The minimum atomic E-state index is -3.62. The highest BCUT2D eigenvalue weighted by atomic mass is 35.5. The van der Waals surface area contributed by atoms with Crippen molar-refractivity contribution in [3.63, 3.8) is 0 Å². The first-order valence-electron chi connectivity index (χ1n) is 5.86. The predicted molar refractivity (Wildman–Crippen MR) is 80.2 cm³/mol. The average molecular weight is 309 g/mol. The van der Waals surface area contributed by atoms with Gasteiger partial charge in [0.05, 0.1) is 0 Å². The molecule has 0 atom stereocenters. The molecular formula is C12H21ClN2O3S. The van der Waals surface area contributed by atoms with Crippen molar-refractivity contribution in [1.82, 2.24) is 5.32 Å². The third-order valence-corrected chi connectivity index (χ3v) is 3.25. The summed E-state index contributed by atoms with van der Waals surface area (Å²) in [7, 11) is -3.62. The Labute approximate surface area is 120 Å². The molecule has 0 heterocycles. The van der Waals surface area contributed by atoms with Gasteiger partial charge < -0.3 is 10.4 Å². The van der Waals surface area contributed by atoms with Gasteiger partial charge in [0.25, 0.3) is 10.0 Å². The van der Waals surface area contributed by atoms with Crippen LogP contribution in [0.25, 0.3) is 0 Å². The zero-order valence-electron chi connectivity index (χ0n) is 11.1. The summed E-state index contributed by atoms with van der Waals surface area (Å²) in [4.78, 5) is 0. The van der Waals surface area contributed by atoms with Crippen LogP contribution in [0.4, 0.5) is 5.69 Å². The summed E-state index contributed by atoms with van der Waals surface area (Å²) in [6.07, 6.45) is 0.894. The maximum absolute atomic E-state index is 11.1. The lowest BCUT2D eigenvalue weighted by Crippen LogP contribution is -2.24. The SMILES string of the molecule is CC(C)NCCc1ccc(NS(=O)(=O)CO)cc1.Cl. The van der Waals surface area contributed by atoms with Gasteiger partial charge in [0.15, 0.2) is 5.94 Å². The molecule has 0 spiro atoms. The predicted octanol–water partition coefficient (Wildman–Crippen LogP) is 1.34. The van der Waals surface area contributed by atoms with E-state index in [9.17, 15) is 8.42 Å². The van der Waals surface area contributed by atoms with E-state index in [1.807, 2.05) is 12.1 Å². The van der Waals surface area contributed by atoms with Crippen LogP contribution in [0.2, 0.25) is 0 Å². The molecule has 0 amide bonds. The van der Waals surface area contributed by atoms with Crippen molar-refractivity contribution >= 4 is 28.1 Å². The van der Waals surface area contributed by atoms with Gasteiger partial charge in [-0.25, -0.2) is 8.42 Å². The number of halogens is 1. The zero-order valence-corrected chi connectivity index (χ0v) is 12.7. The fourth-order valence-corrected chi connectivity index (χ4v) is 2.02. The van der Waals surface area contributed by atoms with E-state index in [0.717, 1.165) is 18.5 Å². The molecule has 0 saturated carbocycles. The standard InChI is InChI=1S/C12H20N2O3S.ClH/c1-10(2)13-8-7-11-3-5-12(6-4-11)14-18(16,17)9-15;/h3-6,10,13-15H,7-9H2,1-2H3;1H. The number of hydrogen-bond acceptors (Lipinski definition) is 4. The number of benzene rings is 1. The monoisotopic (exact) mass is 308 g/mol. The average Bonchev–Trinajstić information content (AvgIpc) is 2.31. The lowest BCUT2D eigenvalue weighted by molar-refractivity contribution is 0.360. The van der Waals surface area contributed by atoms with Crippen molar-refractivity contribution in [1.29, 1.82) is 0 Å². The van der Waals surface area contributed by atoms with Gasteiger partial charge in [-0.15, -0.1) is 12.4 Å². The van der Waals surface area contributed by atoms with Crippen LogP contribution in [0, 0.1) is 0 Å². The molecule has 0 aromatic heterocycles. The molecule has 0 aliphatic heterocycles. The maximum Gasteiger partial charge on any atom is 0.256 e. The second kappa shape index (κ2) is 8.37. The molecule has 3 N–H and O–H groups in total. The minimum absolute atomic E-state index is 0. The Bertz CT molecular complexity index is 460. The van der Waals surface area contributed by atoms with E-state index in [1.54, 1.807) is 12.1 Å². The Hall–Kier alpha value is -0.820. The Balaban J connectivity index is 0.00000324. The van der Waals surface area contributed by atoms with Crippen LogP contribution in [0.5, 0.6) is 0 Å². The smallest absolute Gasteiger partial charge is 0.256 e. The van der Waals surface area contributed by atoms with Crippen molar-refractivity contribution in [3.05, 3.63) is 29.8 Å². The Morgan fingerprint density at radius 2 is 1.79 bits per heavy atom. The fourth-order valence-electron chi connectivity index (χ4n) is 1.46. The van der Waals surface area contributed by atoms with Crippen LogP contribution in [0.15, 0.2) is 24.3 Å². The van der Waals surface area contributed by atoms with Gasteiger partial charge in [0.2, 0.25) is 0 Å². The first kappa shape index (κ1) is 18.2. The van der Waals surface area contributed by atoms with Crippen LogP contribution in [-0.4, -0.2) is 32.0 Å². The minimum Gasteiger partial charge on any atom is -0.378 e. The van der Waals surface area contributed by atoms with Crippen molar-refractivity contribution in [3.8, 4) is 0 Å². The van der Waals surface area contributed by atoms with E-state index >= 15 is 0 Å². The number of nitrogens with one attached hydrogen (secondary N) is 2. The number of aliphatic hydroxyl groups is 1. The summed E-state index contributed by atoms with van der Waals surface area (Å²) in [6, 6.07) is 7.59. The number of sulfonamides is 1. The van der Waals surface area contributed by atoms with E-state index in [4.69, 9.17) is 5.11 Å². The van der Waals surface area contributed by atoms with E-state index in [0.29, 0.717) is 11.7 Å². The number of aliphatic hydroxyl groups excluding tert-OH is 1. The first-order valence-corrected chi connectivity index (χ1v) is 7.52. The Morgan fingerprint density at radius 3 is 2.26 bits per heavy atom. The fraction of sp³-hybridized carbons (Fsp3) is 0.500. The summed E-state index contributed by atoms with van der Waals surface area (Å²) in [5.74, 6) is -0.910. The molecule has 1 aromatic carbocycles. The summed E-state index contributed by atoms with van der Waals surface area (Å²) < 4.78 is 24.5. The normalized spacial score (nSPS) is 11.2. The van der Waals surface area contributed by atoms with Crippen molar-refractivity contribution in [2.45, 2.75) is 26.3 Å². The lowest BCUT2D eigenvalue weighted by atomic mass is 10.1. The molecule has 0 radical (unpaired) electrons. The highest BCUT2D eigenvalue weighted by molar-refractivity contribution is 7.92. The topological polar surface area (TPSA) is 78.4 Å². The molecule has 0 unspecified atom stereocenters. The molecule has 0 aliphatic carbocycles. The first-order chi connectivity index (χ1) is 8.43. The Morgan fingerprint density at radius 1 is 1.21 bits per heavy atom. The zero-order chi connectivity index (χ0) is 13.6. The van der Waals surface area contributed by atoms with Crippen LogP contribution >= 0.6 is 12.4 Å². The van der Waals surface area contributed by atoms with Gasteiger partial charge in [0.1, 0.15) is 0 Å². The van der Waals surface area contributed by atoms with Crippen LogP contribution in [-0.2, 0) is 16.4 Å². The van der Waals surface area contributed by atoms with Gasteiger partial charge >= 0.3 is 0 Å². The van der Waals surface area contributed by atoms with Crippen LogP contribution in [0.1, 0.15) is 19.4 Å². The van der Waals surface area contributed by atoms with Crippen molar-refractivity contribution in [2.24, 2.45) is 0 Å². The molecule has 19 heavy (non-hydrogen) atoms. The maximum atomic E-state index is 11.1. The van der Waals surface area contributed by atoms with Gasteiger partial charge in [-0.2, -0.15) is 0 Å². The summed E-state index contributed by atoms with van der Waals surface area (Å²) in [6.45, 7) is 5.07. The third kappa shape index (κ3) is 7.37.